The third-order valence-electron chi connectivity index (χ3n) is 5.63. The number of carboxylic acids is 1. The summed E-state index contributed by atoms with van der Waals surface area (Å²) in [5.74, 6) is -1.08. The van der Waals surface area contributed by atoms with Gasteiger partial charge < -0.3 is 19.7 Å². The molecular formula is C28H23ClO6. The number of phenols is 1. The van der Waals surface area contributed by atoms with Crippen LogP contribution in [0.15, 0.2) is 60.7 Å². The minimum atomic E-state index is -1.07. The number of hydrogen-bond donors (Lipinski definition) is 2. The molecule has 2 N–H and O–H groups in total. The highest BCUT2D eigenvalue weighted by Gasteiger charge is 2.28. The molecule has 0 atom stereocenters. The van der Waals surface area contributed by atoms with Gasteiger partial charge in [-0.05, 0) is 55.3 Å². The molecule has 1 heterocycles. The number of ketones is 1. The molecule has 0 unspecified atom stereocenters. The van der Waals surface area contributed by atoms with E-state index in [4.69, 9.17) is 21.1 Å². The van der Waals surface area contributed by atoms with Crippen molar-refractivity contribution in [3.63, 3.8) is 0 Å². The van der Waals surface area contributed by atoms with Gasteiger partial charge in [-0.15, -0.1) is 0 Å². The molecule has 0 radical (unpaired) electrons. The number of hydrogen-bond acceptors (Lipinski definition) is 5. The van der Waals surface area contributed by atoms with E-state index in [0.717, 1.165) is 0 Å². The van der Waals surface area contributed by atoms with E-state index in [2.05, 4.69) is 0 Å². The summed E-state index contributed by atoms with van der Waals surface area (Å²) in [5.41, 5.74) is 1.78. The van der Waals surface area contributed by atoms with Crippen LogP contribution in [0.3, 0.4) is 0 Å². The number of carboxylic acid groups (broad SMARTS) is 1. The van der Waals surface area contributed by atoms with Crippen molar-refractivity contribution in [3.8, 4) is 28.4 Å². The molecule has 4 rings (SSSR count). The zero-order valence-electron chi connectivity index (χ0n) is 19.3. The summed E-state index contributed by atoms with van der Waals surface area (Å²) in [6, 6.07) is 13.3. The summed E-state index contributed by atoms with van der Waals surface area (Å²) < 4.78 is 11.2. The lowest BCUT2D eigenvalue weighted by molar-refractivity contribution is 0.0697. The van der Waals surface area contributed by atoms with E-state index in [1.54, 1.807) is 54.6 Å². The fourth-order valence-corrected chi connectivity index (χ4v) is 4.18. The number of benzene rings is 3. The Bertz CT molecular complexity index is 1380. The first-order chi connectivity index (χ1) is 16.6. The summed E-state index contributed by atoms with van der Waals surface area (Å²) in [5, 5.41) is 20.6. The molecule has 1 aliphatic rings. The zero-order valence-corrected chi connectivity index (χ0v) is 20.1. The first kappa shape index (κ1) is 24.1. The smallest absolute Gasteiger partial charge is 0.336 e. The second kappa shape index (κ2) is 9.31. The van der Waals surface area contributed by atoms with Crippen molar-refractivity contribution in [2.75, 3.05) is 7.11 Å². The molecule has 0 saturated heterocycles. The average molecular weight is 491 g/mol. The monoisotopic (exact) mass is 490 g/mol. The highest BCUT2D eigenvalue weighted by molar-refractivity contribution is 6.34. The van der Waals surface area contributed by atoms with Gasteiger partial charge in [-0.3, -0.25) is 4.79 Å². The number of fused-ring (bicyclic) bond motifs is 1. The number of aromatic hydroxyl groups is 1. The Morgan fingerprint density at radius 1 is 1.11 bits per heavy atom. The molecule has 1 aliphatic heterocycles. The SMILES string of the molecule is COc1cc2c(c(O)c1C(=O)/C=C/c1ccc(-c3c(Cl)cccc3C(=O)O)cc1)C=CC(C)(C)O2. The number of methoxy groups -OCH3 is 1. The summed E-state index contributed by atoms with van der Waals surface area (Å²) in [4.78, 5) is 24.6. The van der Waals surface area contributed by atoms with E-state index in [1.807, 2.05) is 19.9 Å². The molecule has 0 spiro atoms. The van der Waals surface area contributed by atoms with Crippen LogP contribution in [0.5, 0.6) is 17.2 Å². The van der Waals surface area contributed by atoms with Gasteiger partial charge in [0.25, 0.3) is 0 Å². The van der Waals surface area contributed by atoms with Crippen molar-refractivity contribution in [3.05, 3.63) is 88.0 Å². The van der Waals surface area contributed by atoms with E-state index >= 15 is 0 Å². The molecule has 0 aliphatic carbocycles. The number of carbonyl (C=O) groups is 2. The van der Waals surface area contributed by atoms with Gasteiger partial charge in [-0.2, -0.15) is 0 Å². The van der Waals surface area contributed by atoms with Crippen LogP contribution in [0.2, 0.25) is 5.02 Å². The fraction of sp³-hybridized carbons (Fsp3) is 0.143. The molecule has 0 amide bonds. The molecule has 0 bridgehead atoms. The van der Waals surface area contributed by atoms with E-state index < -0.39 is 17.4 Å². The number of aromatic carboxylic acids is 1. The number of halogens is 1. The van der Waals surface area contributed by atoms with Crippen LogP contribution in [0, 0.1) is 0 Å². The van der Waals surface area contributed by atoms with Crippen LogP contribution in [-0.2, 0) is 0 Å². The number of phenolic OH excluding ortho intramolecular Hbond substituents is 1. The van der Waals surface area contributed by atoms with E-state index in [9.17, 15) is 19.8 Å². The van der Waals surface area contributed by atoms with Gasteiger partial charge in [0.1, 0.15) is 28.4 Å². The summed E-state index contributed by atoms with van der Waals surface area (Å²) >= 11 is 6.26. The highest BCUT2D eigenvalue weighted by atomic mass is 35.5. The van der Waals surface area contributed by atoms with Gasteiger partial charge in [0, 0.05) is 16.7 Å². The largest absolute Gasteiger partial charge is 0.506 e. The summed E-state index contributed by atoms with van der Waals surface area (Å²) in [7, 11) is 1.42. The molecular weight excluding hydrogens is 468 g/mol. The van der Waals surface area contributed by atoms with Gasteiger partial charge >= 0.3 is 5.97 Å². The minimum absolute atomic E-state index is 0.0363. The highest BCUT2D eigenvalue weighted by Crippen LogP contribution is 2.43. The molecule has 0 aromatic heterocycles. The normalized spacial score (nSPS) is 13.8. The Kier molecular flexibility index (Phi) is 6.41. The van der Waals surface area contributed by atoms with E-state index in [-0.39, 0.29) is 22.6 Å². The fourth-order valence-electron chi connectivity index (χ4n) is 3.89. The van der Waals surface area contributed by atoms with Crippen molar-refractivity contribution in [2.45, 2.75) is 19.4 Å². The van der Waals surface area contributed by atoms with E-state index in [0.29, 0.717) is 33.0 Å². The number of rotatable bonds is 6. The summed E-state index contributed by atoms with van der Waals surface area (Å²) in [6.07, 6.45) is 6.48. The molecule has 35 heavy (non-hydrogen) atoms. The topological polar surface area (TPSA) is 93.1 Å². The molecule has 178 valence electrons. The molecule has 3 aromatic rings. The minimum Gasteiger partial charge on any atom is -0.506 e. The van der Waals surface area contributed by atoms with Crippen LogP contribution in [0.1, 0.15) is 45.7 Å². The third kappa shape index (κ3) is 4.79. The number of carbonyl (C=O) groups excluding carboxylic acids is 1. The predicted molar refractivity (Wildman–Crippen MR) is 136 cm³/mol. The first-order valence-electron chi connectivity index (χ1n) is 10.8. The van der Waals surface area contributed by atoms with Crippen LogP contribution < -0.4 is 9.47 Å². The average Bonchev–Trinajstić information content (AvgIpc) is 2.81. The van der Waals surface area contributed by atoms with Crippen LogP contribution in [-0.4, -0.2) is 34.7 Å². The summed E-state index contributed by atoms with van der Waals surface area (Å²) in [6.45, 7) is 3.77. The van der Waals surface area contributed by atoms with Crippen LogP contribution in [0.25, 0.3) is 23.3 Å². The molecule has 0 fully saturated rings. The molecule has 6 nitrogen and oxygen atoms in total. The Morgan fingerprint density at radius 2 is 1.83 bits per heavy atom. The Hall–Kier alpha value is -4.03. The standard InChI is InChI=1S/C28H23ClO6/c1-28(2)14-13-18-22(35-28)15-23(34-3)25(26(18)31)21(30)12-9-16-7-10-17(11-8-16)24-19(27(32)33)5-4-6-20(24)29/h4-15,31H,1-3H3,(H,32,33)/b12-9+. The Morgan fingerprint density at radius 3 is 2.49 bits per heavy atom. The number of ether oxygens (including phenoxy) is 2. The van der Waals surface area contributed by atoms with Crippen molar-refractivity contribution in [1.29, 1.82) is 0 Å². The lowest BCUT2D eigenvalue weighted by atomic mass is 9.96. The third-order valence-corrected chi connectivity index (χ3v) is 5.94. The molecule has 3 aromatic carbocycles. The maximum Gasteiger partial charge on any atom is 0.336 e. The van der Waals surface area contributed by atoms with Crippen molar-refractivity contribution in [2.24, 2.45) is 0 Å². The molecule has 0 saturated carbocycles. The van der Waals surface area contributed by atoms with Gasteiger partial charge in [0.05, 0.1) is 18.2 Å². The lowest BCUT2D eigenvalue weighted by Gasteiger charge is -2.29. The maximum atomic E-state index is 13.0. The van der Waals surface area contributed by atoms with Gasteiger partial charge in [-0.1, -0.05) is 48.0 Å². The van der Waals surface area contributed by atoms with Gasteiger partial charge in [0.15, 0.2) is 5.78 Å². The van der Waals surface area contributed by atoms with E-state index in [1.165, 1.54) is 19.3 Å². The Labute approximate surface area is 207 Å². The first-order valence-corrected chi connectivity index (χ1v) is 11.2. The Balaban J connectivity index is 1.63. The van der Waals surface area contributed by atoms with Crippen molar-refractivity contribution >= 4 is 35.5 Å². The van der Waals surface area contributed by atoms with Gasteiger partial charge in [0.2, 0.25) is 0 Å². The van der Waals surface area contributed by atoms with Crippen molar-refractivity contribution in [1.82, 2.24) is 0 Å². The second-order valence-corrected chi connectivity index (χ2v) is 8.95. The lowest BCUT2D eigenvalue weighted by Crippen LogP contribution is -2.27. The second-order valence-electron chi connectivity index (χ2n) is 8.54. The van der Waals surface area contributed by atoms with Gasteiger partial charge in [-0.25, -0.2) is 4.79 Å². The predicted octanol–water partition coefficient (Wildman–Crippen LogP) is 6.50. The molecule has 7 heteroatoms. The maximum absolute atomic E-state index is 13.0. The van der Waals surface area contributed by atoms with Crippen LogP contribution >= 0.6 is 11.6 Å². The zero-order chi connectivity index (χ0) is 25.3. The quantitative estimate of drug-likeness (QED) is 0.302. The number of allylic oxidation sites excluding steroid dienone is 1. The van der Waals surface area contributed by atoms with Crippen LogP contribution in [0.4, 0.5) is 0 Å². The van der Waals surface area contributed by atoms with Crippen molar-refractivity contribution < 1.29 is 29.3 Å².